The molecule has 0 unspecified atom stereocenters. The van der Waals surface area contributed by atoms with Crippen molar-refractivity contribution in [2.24, 2.45) is 0 Å². The Balaban J connectivity index is 0.860. The van der Waals surface area contributed by atoms with Crippen LogP contribution >= 0.6 is 0 Å². The van der Waals surface area contributed by atoms with Crippen LogP contribution in [0.2, 0.25) is 0 Å². The highest BCUT2D eigenvalue weighted by Gasteiger charge is 2.72. The van der Waals surface area contributed by atoms with Crippen LogP contribution in [0, 0.1) is 0 Å². The first-order chi connectivity index (χ1) is 48.4. The summed E-state index contributed by atoms with van der Waals surface area (Å²) in [5.74, 6) is 0. The van der Waals surface area contributed by atoms with Gasteiger partial charge >= 0.3 is 12.4 Å². The van der Waals surface area contributed by atoms with Crippen LogP contribution in [0.25, 0.3) is 0 Å². The zero-order valence-electron chi connectivity index (χ0n) is 53.4. The average molecular weight is 1310 g/mol. The lowest BCUT2D eigenvalue weighted by molar-refractivity contribution is -0.288. The molecule has 484 valence electrons. The van der Waals surface area contributed by atoms with Gasteiger partial charge in [0.05, 0.1) is 0 Å². The molecule has 0 spiro atoms. The number of hydrogen-bond acceptors (Lipinski definition) is 6. The number of halogens is 6. The van der Waals surface area contributed by atoms with Gasteiger partial charge in [-0.25, -0.2) is 0 Å². The molecule has 14 aromatic rings. The highest BCUT2D eigenvalue weighted by Crippen LogP contribution is 2.57. The van der Waals surface area contributed by atoms with Crippen molar-refractivity contribution in [2.45, 2.75) is 17.8 Å². The number of benzene rings is 14. The van der Waals surface area contributed by atoms with Gasteiger partial charge in [-0.05, 0) is 230 Å². The van der Waals surface area contributed by atoms with Gasteiger partial charge in [-0.1, -0.05) is 170 Å². The van der Waals surface area contributed by atoms with Crippen molar-refractivity contribution >= 4 is 102 Å². The van der Waals surface area contributed by atoms with Gasteiger partial charge in [-0.15, -0.1) is 0 Å². The Morgan fingerprint density at radius 3 is 0.343 bits per heavy atom. The lowest BCUT2D eigenvalue weighted by Crippen LogP contribution is -2.54. The zero-order chi connectivity index (χ0) is 67.8. The molecule has 0 fully saturated rings. The van der Waals surface area contributed by atoms with E-state index in [0.717, 1.165) is 92.5 Å². The normalized spacial score (nSPS) is 11.5. The first kappa shape index (κ1) is 63.8. The predicted octanol–water partition coefficient (Wildman–Crippen LogP) is 25.9. The zero-order valence-corrected chi connectivity index (χ0v) is 53.4. The fraction of sp³-hybridized carbons (Fsp3) is 0.0345. The molecule has 0 aliphatic heterocycles. The van der Waals surface area contributed by atoms with E-state index in [0.29, 0.717) is 34.1 Å². The Hall–Kier alpha value is -12.5. The summed E-state index contributed by atoms with van der Waals surface area (Å²) in [6.45, 7) is 0. The maximum Gasteiger partial charge on any atom is 0.411 e. The Kier molecular flexibility index (Phi) is 18.1. The molecule has 0 saturated heterocycles. The second kappa shape index (κ2) is 28.0. The van der Waals surface area contributed by atoms with Crippen LogP contribution < -0.4 is 29.4 Å². The van der Waals surface area contributed by atoms with E-state index in [2.05, 4.69) is 19.6 Å². The molecule has 0 aliphatic carbocycles. The molecule has 14 aromatic carbocycles. The van der Waals surface area contributed by atoms with Gasteiger partial charge in [0.15, 0.2) is 0 Å². The largest absolute Gasteiger partial charge is 0.411 e. The van der Waals surface area contributed by atoms with E-state index in [-0.39, 0.29) is 0 Å². The third-order valence-corrected chi connectivity index (χ3v) is 17.5. The van der Waals surface area contributed by atoms with E-state index in [9.17, 15) is 0 Å². The Labute approximate surface area is 572 Å². The van der Waals surface area contributed by atoms with Crippen molar-refractivity contribution in [2.75, 3.05) is 29.4 Å². The minimum absolute atomic E-state index is 0.317. The maximum atomic E-state index is 16.5. The number of hydrogen-bond donors (Lipinski definition) is 0. The van der Waals surface area contributed by atoms with Gasteiger partial charge in [0.1, 0.15) is 0 Å². The lowest BCUT2D eigenvalue weighted by Gasteiger charge is -2.39. The van der Waals surface area contributed by atoms with Gasteiger partial charge in [0, 0.05) is 102 Å². The summed E-state index contributed by atoms with van der Waals surface area (Å²) >= 11 is 0. The molecule has 6 nitrogen and oxygen atoms in total. The van der Waals surface area contributed by atoms with Crippen molar-refractivity contribution in [3.63, 3.8) is 0 Å². The first-order valence-corrected chi connectivity index (χ1v) is 32.4. The third-order valence-electron chi connectivity index (χ3n) is 17.5. The van der Waals surface area contributed by atoms with Gasteiger partial charge in [-0.3, -0.25) is 0 Å². The second-order valence-corrected chi connectivity index (χ2v) is 23.6. The SMILES string of the molecule is FC(F)(F)C(c1ccc(N(c2ccc(N(c3ccccc3)c3ccccc3)cc2)c2ccc(N(c3ccccc3)c3ccccc3)cc2)cc1)(c1ccc(N(c2ccc(N(c3ccccc3)c3ccccc3)cc2)c2ccc(N(c3ccccc3)c3ccccc3)cc2)cc1)C(F)(F)F. The van der Waals surface area contributed by atoms with E-state index < -0.39 is 28.9 Å². The topological polar surface area (TPSA) is 19.4 Å². The Morgan fingerprint density at radius 1 is 0.131 bits per heavy atom. The van der Waals surface area contributed by atoms with Crippen LogP contribution in [0.1, 0.15) is 11.1 Å². The van der Waals surface area contributed by atoms with Crippen molar-refractivity contribution < 1.29 is 26.3 Å². The summed E-state index contributed by atoms with van der Waals surface area (Å²) < 4.78 is 98.7. The van der Waals surface area contributed by atoms with Crippen LogP contribution in [0.5, 0.6) is 0 Å². The van der Waals surface area contributed by atoms with Crippen LogP contribution in [-0.2, 0) is 5.41 Å². The molecule has 12 heteroatoms. The third kappa shape index (κ3) is 13.1. The van der Waals surface area contributed by atoms with Crippen molar-refractivity contribution in [1.29, 1.82) is 0 Å². The average Bonchev–Trinajstić information content (AvgIpc) is 0.714. The van der Waals surface area contributed by atoms with Gasteiger partial charge < -0.3 is 29.4 Å². The van der Waals surface area contributed by atoms with Crippen LogP contribution in [0.15, 0.2) is 388 Å². The fourth-order valence-corrected chi connectivity index (χ4v) is 13.0. The predicted molar refractivity (Wildman–Crippen MR) is 394 cm³/mol. The number of nitrogens with zero attached hydrogens (tertiary/aromatic N) is 6. The van der Waals surface area contributed by atoms with Crippen LogP contribution in [-0.4, -0.2) is 12.4 Å². The smallest absolute Gasteiger partial charge is 0.311 e. The molecule has 0 saturated carbocycles. The highest BCUT2D eigenvalue weighted by molar-refractivity contribution is 5.86. The molecule has 0 radical (unpaired) electrons. The fourth-order valence-electron chi connectivity index (χ4n) is 13.0. The summed E-state index contributed by atoms with van der Waals surface area (Å²) in [5.41, 5.74) is 7.07. The molecule has 0 aliphatic rings. The molecular formula is C87H64F6N6. The van der Waals surface area contributed by atoms with E-state index in [1.165, 1.54) is 24.3 Å². The summed E-state index contributed by atoms with van der Waals surface area (Å²) in [5, 5.41) is 0. The summed E-state index contributed by atoms with van der Waals surface area (Å²) in [6, 6.07) is 119. The van der Waals surface area contributed by atoms with Crippen LogP contribution in [0.3, 0.4) is 0 Å². The maximum absolute atomic E-state index is 16.5. The Bertz CT molecular complexity index is 4140. The van der Waals surface area contributed by atoms with E-state index in [4.69, 9.17) is 0 Å². The number of anilines is 18. The molecule has 0 atom stereocenters. The van der Waals surface area contributed by atoms with E-state index in [1.54, 1.807) is 0 Å². The first-order valence-electron chi connectivity index (χ1n) is 32.4. The molecule has 0 heterocycles. The minimum atomic E-state index is -5.88. The van der Waals surface area contributed by atoms with Crippen molar-refractivity contribution in [1.82, 2.24) is 0 Å². The highest BCUT2D eigenvalue weighted by atomic mass is 19.4. The van der Waals surface area contributed by atoms with E-state index in [1.807, 2.05) is 350 Å². The van der Waals surface area contributed by atoms with Gasteiger partial charge in [-0.2, -0.15) is 26.3 Å². The summed E-state index contributed by atoms with van der Waals surface area (Å²) in [6.07, 6.45) is -11.8. The Morgan fingerprint density at radius 2 is 0.232 bits per heavy atom. The molecular weight excluding hydrogens is 1240 g/mol. The molecule has 14 rings (SSSR count). The standard InChI is InChI=1S/C87H64F6N6/c88-86(89,90)85(87(91,92)93,65-41-45-75(46-42-65)98(81-57-49-77(50-58-81)94(67-25-9-1-10-26-67)68-27-11-2-12-28-68)82-59-51-78(52-60-82)95(69-29-13-3-14-30-69)70-31-15-4-16-32-70)66-43-47-76(48-44-66)99(83-61-53-79(54-62-83)96(71-33-17-5-18-34-71)72-35-19-6-20-36-72)84-63-55-80(56-64-84)97(73-37-21-7-22-38-73)74-39-23-8-24-40-74/h1-64H. The second-order valence-electron chi connectivity index (χ2n) is 23.6. The number of para-hydroxylation sites is 8. The molecule has 0 aromatic heterocycles. The van der Waals surface area contributed by atoms with Gasteiger partial charge in [0.2, 0.25) is 5.41 Å². The van der Waals surface area contributed by atoms with Gasteiger partial charge in [0.25, 0.3) is 0 Å². The summed E-state index contributed by atoms with van der Waals surface area (Å²) in [7, 11) is 0. The molecule has 0 bridgehead atoms. The van der Waals surface area contributed by atoms with Crippen LogP contribution in [0.4, 0.5) is 129 Å². The summed E-state index contributed by atoms with van der Waals surface area (Å²) in [4.78, 5) is 12.1. The van der Waals surface area contributed by atoms with Crippen molar-refractivity contribution in [3.8, 4) is 0 Å². The molecule has 99 heavy (non-hydrogen) atoms. The number of rotatable bonds is 20. The quantitative estimate of drug-likeness (QED) is 0.0704. The van der Waals surface area contributed by atoms with E-state index >= 15 is 26.3 Å². The minimum Gasteiger partial charge on any atom is -0.311 e. The number of alkyl halides is 6. The monoisotopic (exact) mass is 1310 g/mol. The lowest BCUT2D eigenvalue weighted by atomic mass is 9.72. The molecule has 0 N–H and O–H groups in total. The molecule has 0 amide bonds. The van der Waals surface area contributed by atoms with Crippen molar-refractivity contribution in [3.05, 3.63) is 399 Å².